The second kappa shape index (κ2) is 14.1. The Morgan fingerprint density at radius 3 is 1.76 bits per heavy atom. The van der Waals surface area contributed by atoms with Gasteiger partial charge in [0.15, 0.2) is 5.41 Å². The summed E-state index contributed by atoms with van der Waals surface area (Å²) in [5.74, 6) is 5.04. The van der Waals surface area contributed by atoms with Crippen molar-refractivity contribution >= 4 is 20.3 Å². The van der Waals surface area contributed by atoms with E-state index in [1.54, 1.807) is 18.2 Å². The predicted octanol–water partition coefficient (Wildman–Crippen LogP) is 6.58. The summed E-state index contributed by atoms with van der Waals surface area (Å²) >= 11 is 0. The van der Waals surface area contributed by atoms with Gasteiger partial charge in [-0.15, -0.1) is 0 Å². The van der Waals surface area contributed by atoms with E-state index in [0.29, 0.717) is 22.4 Å². The fraction of sp³-hybridized carbons (Fsp3) is 0.630. The van der Waals surface area contributed by atoms with Gasteiger partial charge in [0, 0.05) is 6.42 Å². The van der Waals surface area contributed by atoms with E-state index in [2.05, 4.69) is 67.2 Å². The van der Waals surface area contributed by atoms with E-state index in [4.69, 9.17) is 13.9 Å². The van der Waals surface area contributed by atoms with Gasteiger partial charge in [0.2, 0.25) is 0 Å². The van der Waals surface area contributed by atoms with Crippen LogP contribution in [0.25, 0.3) is 0 Å². The molecule has 0 spiro atoms. The van der Waals surface area contributed by atoms with Crippen LogP contribution in [-0.4, -0.2) is 34.5 Å². The minimum absolute atomic E-state index is 0.0847. The number of carbonyl (C=O) groups is 2. The van der Waals surface area contributed by atoms with Crippen LogP contribution in [-0.2, 0) is 23.5 Å². The van der Waals surface area contributed by atoms with Crippen LogP contribution in [0.3, 0.4) is 0 Å². The standard InChI is InChI=1S/C27H44O5Si/c1-12-13-14-15-18-27(25(28)30-10,26(29)31-11)19-24(17-16-20(2)3)32-33(21(4)5,22(6)7)23(8)9/h12-13,16-17,19-23H,18H2,1-11H3/b13-12+,17-16+,24-19-. The normalized spacial score (nSPS) is 13.2. The molecule has 0 saturated carbocycles. The van der Waals surface area contributed by atoms with Crippen LogP contribution in [0.2, 0.25) is 16.6 Å². The molecule has 6 heteroatoms. The van der Waals surface area contributed by atoms with Crippen molar-refractivity contribution in [2.24, 2.45) is 11.3 Å². The zero-order chi connectivity index (χ0) is 25.8. The summed E-state index contributed by atoms with van der Waals surface area (Å²) in [7, 11) is 0.147. The molecule has 0 aromatic rings. The van der Waals surface area contributed by atoms with Crippen LogP contribution >= 0.6 is 0 Å². The van der Waals surface area contributed by atoms with Crippen molar-refractivity contribution in [3.63, 3.8) is 0 Å². The molecule has 0 bridgehead atoms. The zero-order valence-electron chi connectivity index (χ0n) is 22.4. The van der Waals surface area contributed by atoms with Gasteiger partial charge >= 0.3 is 11.9 Å². The van der Waals surface area contributed by atoms with E-state index in [0.717, 1.165) is 0 Å². The van der Waals surface area contributed by atoms with Crippen molar-refractivity contribution in [1.82, 2.24) is 0 Å². The summed E-state index contributed by atoms with van der Waals surface area (Å²) in [5.41, 5.74) is -0.796. The number of ether oxygens (including phenoxy) is 2. The monoisotopic (exact) mass is 476 g/mol. The van der Waals surface area contributed by atoms with Crippen molar-refractivity contribution in [1.29, 1.82) is 0 Å². The Balaban J connectivity index is 7.09. The number of hydrogen-bond donors (Lipinski definition) is 0. The van der Waals surface area contributed by atoms with Crippen molar-refractivity contribution < 1.29 is 23.5 Å². The zero-order valence-corrected chi connectivity index (χ0v) is 23.4. The van der Waals surface area contributed by atoms with E-state index in [9.17, 15) is 9.59 Å². The molecule has 0 fully saturated rings. The average molecular weight is 477 g/mol. The topological polar surface area (TPSA) is 61.8 Å². The maximum atomic E-state index is 13.0. The first-order chi connectivity index (χ1) is 15.3. The quantitative estimate of drug-likeness (QED) is 0.0842. The van der Waals surface area contributed by atoms with Crippen LogP contribution in [0.15, 0.2) is 36.1 Å². The van der Waals surface area contributed by atoms with Gasteiger partial charge in [-0.3, -0.25) is 9.59 Å². The van der Waals surface area contributed by atoms with Crippen molar-refractivity contribution in [3.05, 3.63) is 36.1 Å². The van der Waals surface area contributed by atoms with Crippen LogP contribution in [0.1, 0.15) is 68.7 Å². The van der Waals surface area contributed by atoms with Gasteiger partial charge in [0.25, 0.3) is 8.32 Å². The molecule has 0 rings (SSSR count). The van der Waals surface area contributed by atoms with Gasteiger partial charge in [-0.1, -0.05) is 79.4 Å². The molecule has 186 valence electrons. The highest BCUT2D eigenvalue weighted by Gasteiger charge is 2.50. The minimum Gasteiger partial charge on any atom is -0.543 e. The van der Waals surface area contributed by atoms with E-state index in [-0.39, 0.29) is 12.3 Å². The van der Waals surface area contributed by atoms with Crippen molar-refractivity contribution in [3.8, 4) is 11.8 Å². The van der Waals surface area contributed by atoms with Gasteiger partial charge < -0.3 is 13.9 Å². The number of rotatable bonds is 11. The largest absolute Gasteiger partial charge is 0.543 e. The lowest BCUT2D eigenvalue weighted by molar-refractivity contribution is -0.164. The Kier molecular flexibility index (Phi) is 13.1. The maximum Gasteiger partial charge on any atom is 0.328 e. The fourth-order valence-corrected chi connectivity index (χ4v) is 9.54. The third-order valence-electron chi connectivity index (χ3n) is 5.85. The highest BCUT2D eigenvalue weighted by Crippen LogP contribution is 2.44. The van der Waals surface area contributed by atoms with Crippen LogP contribution in [0, 0.1) is 23.2 Å². The Bertz CT molecular complexity index is 753. The molecule has 0 radical (unpaired) electrons. The van der Waals surface area contributed by atoms with Crippen LogP contribution in [0.4, 0.5) is 0 Å². The fourth-order valence-electron chi connectivity index (χ4n) is 4.29. The molecule has 0 amide bonds. The number of hydrogen-bond acceptors (Lipinski definition) is 5. The van der Waals surface area contributed by atoms with E-state index >= 15 is 0 Å². The molecule has 0 aromatic heterocycles. The predicted molar refractivity (Wildman–Crippen MR) is 138 cm³/mol. The third kappa shape index (κ3) is 7.92. The Hall–Kier alpha value is -2.26. The van der Waals surface area contributed by atoms with Crippen LogP contribution in [0.5, 0.6) is 0 Å². The van der Waals surface area contributed by atoms with Gasteiger partial charge in [0.1, 0.15) is 5.76 Å². The van der Waals surface area contributed by atoms with Crippen molar-refractivity contribution in [2.75, 3.05) is 14.2 Å². The summed E-state index contributed by atoms with van der Waals surface area (Å²) in [6.45, 7) is 19.1. The number of esters is 2. The lowest BCUT2D eigenvalue weighted by Crippen LogP contribution is -2.48. The second-order valence-corrected chi connectivity index (χ2v) is 14.9. The highest BCUT2D eigenvalue weighted by atomic mass is 28.4. The Labute approximate surface area is 202 Å². The molecular weight excluding hydrogens is 432 g/mol. The molecule has 0 saturated heterocycles. The lowest BCUT2D eigenvalue weighted by Gasteiger charge is -2.43. The highest BCUT2D eigenvalue weighted by molar-refractivity contribution is 6.77. The molecule has 0 atom stereocenters. The molecule has 0 heterocycles. The number of carbonyl (C=O) groups excluding carboxylic acids is 2. The molecule has 0 unspecified atom stereocenters. The average Bonchev–Trinajstić information content (AvgIpc) is 2.75. The first-order valence-electron chi connectivity index (χ1n) is 11.7. The lowest BCUT2D eigenvalue weighted by atomic mass is 9.83. The third-order valence-corrected chi connectivity index (χ3v) is 11.9. The van der Waals surface area contributed by atoms with Gasteiger partial charge in [-0.25, -0.2) is 0 Å². The molecule has 5 nitrogen and oxygen atoms in total. The van der Waals surface area contributed by atoms with Gasteiger partial charge in [-0.2, -0.15) is 0 Å². The van der Waals surface area contributed by atoms with Crippen LogP contribution < -0.4 is 0 Å². The Morgan fingerprint density at radius 1 is 0.909 bits per heavy atom. The van der Waals surface area contributed by atoms with Gasteiger partial charge in [0.05, 0.1) is 14.2 Å². The summed E-state index contributed by atoms with van der Waals surface area (Å²) < 4.78 is 17.0. The van der Waals surface area contributed by atoms with Gasteiger partial charge in [-0.05, 0) is 47.7 Å². The minimum atomic E-state index is -2.37. The van der Waals surface area contributed by atoms with E-state index in [1.807, 2.05) is 19.1 Å². The second-order valence-electron chi connectivity index (χ2n) is 9.52. The summed E-state index contributed by atoms with van der Waals surface area (Å²) in [4.78, 5) is 26.0. The molecule has 0 aromatic carbocycles. The smallest absolute Gasteiger partial charge is 0.328 e. The SMILES string of the molecule is C/C=C/C#CCC(/C=C(/C=C/C(C)C)O[Si](C(C)C)(C(C)C)C(C)C)(C(=O)OC)C(=O)OC. The summed E-state index contributed by atoms with van der Waals surface area (Å²) in [6, 6.07) is 0. The molecular formula is C27H44O5Si. The molecule has 0 aliphatic rings. The molecule has 0 N–H and O–H groups in total. The van der Waals surface area contributed by atoms with E-state index < -0.39 is 25.7 Å². The summed E-state index contributed by atoms with van der Waals surface area (Å²) in [6.07, 6.45) is 8.78. The van der Waals surface area contributed by atoms with E-state index in [1.165, 1.54) is 14.2 Å². The summed E-state index contributed by atoms with van der Waals surface area (Å²) in [5, 5.41) is 0. The first-order valence-corrected chi connectivity index (χ1v) is 13.9. The Morgan fingerprint density at radius 2 is 1.39 bits per heavy atom. The number of methoxy groups -OCH3 is 2. The molecule has 0 aliphatic heterocycles. The van der Waals surface area contributed by atoms with Crippen molar-refractivity contribution in [2.45, 2.75) is 85.4 Å². The molecule has 0 aliphatic carbocycles. The number of allylic oxidation sites excluding steroid dienone is 4. The maximum absolute atomic E-state index is 13.0. The molecule has 33 heavy (non-hydrogen) atoms. The first kappa shape index (κ1) is 30.7.